The molecule has 2 aromatic rings. The van der Waals surface area contributed by atoms with E-state index in [0.717, 1.165) is 0 Å². The maximum Gasteiger partial charge on any atom is 0.573 e. The molecule has 1 aromatic heterocycles. The smallest absolute Gasteiger partial charge is 0.479 e. The fourth-order valence-corrected chi connectivity index (χ4v) is 2.18. The zero-order chi connectivity index (χ0) is 23.6. The number of nitrogens with one attached hydrogen (secondary N) is 1. The van der Waals surface area contributed by atoms with Crippen LogP contribution in [0.2, 0.25) is 0 Å². The molecule has 0 radical (unpaired) electrons. The van der Waals surface area contributed by atoms with E-state index in [1.165, 1.54) is 13.3 Å². The molecule has 0 unspecified atom stereocenters. The Bertz CT molecular complexity index is 953. The van der Waals surface area contributed by atoms with Crippen LogP contribution >= 0.6 is 0 Å². The van der Waals surface area contributed by atoms with Crippen molar-refractivity contribution in [2.75, 3.05) is 7.11 Å². The lowest BCUT2D eigenvalue weighted by molar-refractivity contribution is -0.274. The Morgan fingerprint density at radius 1 is 1.32 bits per heavy atom. The molecule has 10 heteroatoms. The third-order valence-corrected chi connectivity index (χ3v) is 3.54. The summed E-state index contributed by atoms with van der Waals surface area (Å²) in [4.78, 5) is 20.8. The Kier molecular flexibility index (Phi) is 5.17. The standard InChI is InChI=1S/C18H19F4N3O3/c1-9(2)14-8-23-17(27-4)15(25-14)16(26)24-10(3)12-7-11(5-6-13(12)19)28-18(20,21)22/h5-10H,1-4H3,(H,24,26)/t10-/m1/s1/i3D3. The largest absolute Gasteiger partial charge is 0.573 e. The number of hydrogen-bond donors (Lipinski definition) is 1. The SMILES string of the molecule is [2H]C([2H])([2H])[C@@H](NC(=O)c1nc(C(C)C)cnc1OC)c1cc(OC(F)(F)F)ccc1F. The third kappa shape index (κ3) is 5.30. The molecule has 1 aromatic carbocycles. The van der Waals surface area contributed by atoms with Crippen LogP contribution in [-0.2, 0) is 0 Å². The Labute approximate surface area is 163 Å². The molecule has 0 aliphatic heterocycles. The highest BCUT2D eigenvalue weighted by molar-refractivity contribution is 5.94. The quantitative estimate of drug-likeness (QED) is 0.733. The lowest BCUT2D eigenvalue weighted by atomic mass is 10.1. The highest BCUT2D eigenvalue weighted by Gasteiger charge is 2.31. The summed E-state index contributed by atoms with van der Waals surface area (Å²) in [5, 5.41) is 2.10. The first kappa shape index (κ1) is 17.2. The lowest BCUT2D eigenvalue weighted by Crippen LogP contribution is -2.29. The number of aromatic nitrogens is 2. The predicted molar refractivity (Wildman–Crippen MR) is 91.6 cm³/mol. The minimum Gasteiger partial charge on any atom is -0.479 e. The van der Waals surface area contributed by atoms with Gasteiger partial charge in [0, 0.05) is 9.68 Å². The minimum atomic E-state index is -5.08. The van der Waals surface area contributed by atoms with Crippen LogP contribution in [0, 0.1) is 5.82 Å². The molecule has 0 fully saturated rings. The zero-order valence-electron chi connectivity index (χ0n) is 18.1. The van der Waals surface area contributed by atoms with E-state index in [-0.39, 0.29) is 17.5 Å². The van der Waals surface area contributed by atoms with Gasteiger partial charge in [0.1, 0.15) is 11.6 Å². The van der Waals surface area contributed by atoms with Crippen molar-refractivity contribution in [2.45, 2.75) is 39.0 Å². The third-order valence-electron chi connectivity index (χ3n) is 3.54. The number of carbonyl (C=O) groups excluding carboxylic acids is 1. The molecule has 0 aliphatic rings. The molecule has 0 bridgehead atoms. The molecule has 0 aliphatic carbocycles. The molecule has 1 amide bonds. The van der Waals surface area contributed by atoms with Crippen LogP contribution < -0.4 is 14.8 Å². The van der Waals surface area contributed by atoms with E-state index in [2.05, 4.69) is 20.0 Å². The van der Waals surface area contributed by atoms with Gasteiger partial charge in [-0.15, -0.1) is 13.2 Å². The molecule has 28 heavy (non-hydrogen) atoms. The van der Waals surface area contributed by atoms with Crippen LogP contribution in [0.4, 0.5) is 17.6 Å². The number of benzene rings is 1. The highest BCUT2D eigenvalue weighted by Crippen LogP contribution is 2.28. The first-order valence-electron chi connectivity index (χ1n) is 9.50. The number of hydrogen-bond acceptors (Lipinski definition) is 5. The second-order valence-electron chi connectivity index (χ2n) is 5.95. The molecule has 0 spiro atoms. The first-order chi connectivity index (χ1) is 14.2. The van der Waals surface area contributed by atoms with Crippen molar-refractivity contribution in [1.82, 2.24) is 15.3 Å². The van der Waals surface area contributed by atoms with E-state index >= 15 is 0 Å². The van der Waals surface area contributed by atoms with Crippen LogP contribution in [0.5, 0.6) is 11.6 Å². The predicted octanol–water partition coefficient (Wildman–Crippen LogP) is 4.14. The van der Waals surface area contributed by atoms with Gasteiger partial charge in [-0.25, -0.2) is 14.4 Å². The zero-order valence-corrected chi connectivity index (χ0v) is 15.1. The van der Waals surface area contributed by atoms with Gasteiger partial charge in [0.15, 0.2) is 5.69 Å². The van der Waals surface area contributed by atoms with Crippen molar-refractivity contribution in [3.63, 3.8) is 0 Å². The van der Waals surface area contributed by atoms with Gasteiger partial charge in [0.05, 0.1) is 25.0 Å². The van der Waals surface area contributed by atoms with Crippen molar-refractivity contribution in [2.24, 2.45) is 0 Å². The molecule has 152 valence electrons. The van der Waals surface area contributed by atoms with Gasteiger partial charge in [0.2, 0.25) is 5.88 Å². The number of nitrogens with zero attached hydrogens (tertiary/aromatic N) is 2. The Balaban J connectivity index is 2.48. The molecule has 2 rings (SSSR count). The maximum absolute atomic E-state index is 14.4. The molecule has 1 atom stereocenters. The van der Waals surface area contributed by atoms with E-state index in [1.807, 2.05) is 0 Å². The van der Waals surface area contributed by atoms with Crippen LogP contribution in [0.15, 0.2) is 24.4 Å². The van der Waals surface area contributed by atoms with Crippen molar-refractivity contribution >= 4 is 5.91 Å². The van der Waals surface area contributed by atoms with Crippen molar-refractivity contribution in [3.8, 4) is 11.6 Å². The fourth-order valence-electron chi connectivity index (χ4n) is 2.18. The number of carbonyl (C=O) groups is 1. The Hall–Kier alpha value is -2.91. The molecule has 6 nitrogen and oxygen atoms in total. The molecular formula is C18H19F4N3O3. The van der Waals surface area contributed by atoms with Crippen molar-refractivity contribution < 1.29 is 35.9 Å². The minimum absolute atomic E-state index is 0.128. The van der Waals surface area contributed by atoms with E-state index in [0.29, 0.717) is 23.9 Å². The van der Waals surface area contributed by atoms with Crippen molar-refractivity contribution in [1.29, 1.82) is 0 Å². The number of methoxy groups -OCH3 is 1. The average molecular weight is 404 g/mol. The summed E-state index contributed by atoms with van der Waals surface area (Å²) < 4.78 is 83.5. The summed E-state index contributed by atoms with van der Waals surface area (Å²) in [5.74, 6) is -3.39. The summed E-state index contributed by atoms with van der Waals surface area (Å²) in [7, 11) is 1.22. The summed E-state index contributed by atoms with van der Waals surface area (Å²) in [6.07, 6.45) is -3.70. The monoisotopic (exact) mass is 404 g/mol. The van der Waals surface area contributed by atoms with Crippen molar-refractivity contribution in [3.05, 3.63) is 47.2 Å². The molecule has 1 N–H and O–H groups in total. The van der Waals surface area contributed by atoms with Crippen LogP contribution in [-0.4, -0.2) is 29.3 Å². The van der Waals surface area contributed by atoms with Gasteiger partial charge < -0.3 is 14.8 Å². The van der Waals surface area contributed by atoms with Gasteiger partial charge in [-0.2, -0.15) is 0 Å². The maximum atomic E-state index is 14.4. The van der Waals surface area contributed by atoms with E-state index in [9.17, 15) is 22.4 Å². The van der Waals surface area contributed by atoms with Crippen LogP contribution in [0.3, 0.4) is 0 Å². The van der Waals surface area contributed by atoms with Gasteiger partial charge in [-0.05, 0) is 31.0 Å². The Morgan fingerprint density at radius 3 is 2.61 bits per heavy atom. The number of rotatable bonds is 6. The molecular weight excluding hydrogens is 382 g/mol. The van der Waals surface area contributed by atoms with E-state index < -0.39 is 42.3 Å². The van der Waals surface area contributed by atoms with E-state index in [4.69, 9.17) is 8.85 Å². The summed E-state index contributed by atoms with van der Waals surface area (Å²) in [6, 6.07) is -0.147. The number of amides is 1. The average Bonchev–Trinajstić information content (AvgIpc) is 2.65. The normalized spacial score (nSPS) is 14.6. The summed E-state index contributed by atoms with van der Waals surface area (Å²) in [5.41, 5.74) is -0.670. The Morgan fingerprint density at radius 2 is 2.04 bits per heavy atom. The van der Waals surface area contributed by atoms with Gasteiger partial charge in [-0.1, -0.05) is 13.8 Å². The first-order valence-corrected chi connectivity index (χ1v) is 8.00. The second kappa shape index (κ2) is 8.41. The fraction of sp³-hybridized carbons (Fsp3) is 0.389. The number of alkyl halides is 3. The van der Waals surface area contributed by atoms with Gasteiger partial charge in [0.25, 0.3) is 5.91 Å². The second-order valence-corrected chi connectivity index (χ2v) is 5.95. The summed E-state index contributed by atoms with van der Waals surface area (Å²) >= 11 is 0. The highest BCUT2D eigenvalue weighted by atomic mass is 19.4. The van der Waals surface area contributed by atoms with Crippen LogP contribution in [0.1, 0.15) is 58.5 Å². The molecule has 0 saturated heterocycles. The lowest BCUT2D eigenvalue weighted by Gasteiger charge is -2.18. The number of halogens is 4. The topological polar surface area (TPSA) is 73.3 Å². The number of ether oxygens (including phenoxy) is 2. The van der Waals surface area contributed by atoms with E-state index in [1.54, 1.807) is 13.8 Å². The van der Waals surface area contributed by atoms with Gasteiger partial charge >= 0.3 is 6.36 Å². The molecule has 0 saturated carbocycles. The molecule has 1 heterocycles. The summed E-state index contributed by atoms with van der Waals surface area (Å²) in [6.45, 7) is 0.541. The van der Waals surface area contributed by atoms with Gasteiger partial charge in [-0.3, -0.25) is 4.79 Å². The van der Waals surface area contributed by atoms with Crippen LogP contribution in [0.25, 0.3) is 0 Å².